The zero-order chi connectivity index (χ0) is 12.7. The van der Waals surface area contributed by atoms with E-state index in [2.05, 4.69) is 0 Å². The first-order valence-corrected chi connectivity index (χ1v) is 7.29. The third-order valence-electron chi connectivity index (χ3n) is 2.38. The molecule has 0 spiro atoms. The lowest BCUT2D eigenvalue weighted by Gasteiger charge is -2.04. The average molecular weight is 252 g/mol. The van der Waals surface area contributed by atoms with Crippen molar-refractivity contribution in [3.63, 3.8) is 0 Å². The van der Waals surface area contributed by atoms with Crippen LogP contribution in [0.2, 0.25) is 0 Å². The summed E-state index contributed by atoms with van der Waals surface area (Å²) in [5.41, 5.74) is 6.57. The number of sulfone groups is 1. The van der Waals surface area contributed by atoms with Crippen LogP contribution in [0.5, 0.6) is 0 Å². The number of nitrogens with zero attached hydrogens (tertiary/aromatic N) is 1. The van der Waals surface area contributed by atoms with Crippen LogP contribution < -0.4 is 5.73 Å². The fraction of sp³-hybridized carbons (Fsp3) is 0.417. The molecule has 1 aromatic rings. The van der Waals surface area contributed by atoms with Crippen LogP contribution in [-0.2, 0) is 15.6 Å². The van der Waals surface area contributed by atoms with Gasteiger partial charge < -0.3 is 5.73 Å². The molecule has 0 heterocycles. The van der Waals surface area contributed by atoms with Gasteiger partial charge in [0.1, 0.15) is 0 Å². The normalized spacial score (nSPS) is 11.1. The maximum Gasteiger partial charge on any atom is 0.154 e. The summed E-state index contributed by atoms with van der Waals surface area (Å²) >= 11 is 0. The molecule has 0 amide bonds. The number of hydrogen-bond donors (Lipinski definition) is 1. The van der Waals surface area contributed by atoms with E-state index >= 15 is 0 Å². The molecular formula is C12H16N2O2S. The summed E-state index contributed by atoms with van der Waals surface area (Å²) in [6, 6.07) is 8.61. The highest BCUT2D eigenvalue weighted by atomic mass is 32.2. The van der Waals surface area contributed by atoms with Crippen molar-refractivity contribution < 1.29 is 8.42 Å². The lowest BCUT2D eigenvalue weighted by atomic mass is 10.2. The topological polar surface area (TPSA) is 84.0 Å². The number of rotatable bonds is 6. The number of hydrogen-bond acceptors (Lipinski definition) is 4. The summed E-state index contributed by atoms with van der Waals surface area (Å²) in [5.74, 6) is 0.202. The molecule has 1 rings (SSSR count). The highest BCUT2D eigenvalue weighted by molar-refractivity contribution is 7.90. The van der Waals surface area contributed by atoms with Crippen LogP contribution in [0.3, 0.4) is 0 Å². The molecule has 0 aromatic heterocycles. The fourth-order valence-electron chi connectivity index (χ4n) is 1.47. The van der Waals surface area contributed by atoms with E-state index < -0.39 is 9.84 Å². The van der Waals surface area contributed by atoms with Crippen LogP contribution in [0.25, 0.3) is 0 Å². The van der Waals surface area contributed by atoms with Gasteiger partial charge in [0.05, 0.1) is 23.1 Å². The first kappa shape index (κ1) is 13.7. The van der Waals surface area contributed by atoms with E-state index in [1.54, 1.807) is 24.3 Å². The summed E-state index contributed by atoms with van der Waals surface area (Å²) in [4.78, 5) is 0. The smallest absolute Gasteiger partial charge is 0.154 e. The molecule has 92 valence electrons. The van der Waals surface area contributed by atoms with Crippen LogP contribution in [0, 0.1) is 11.3 Å². The number of benzene rings is 1. The Kier molecular flexibility index (Phi) is 5.13. The molecule has 0 saturated heterocycles. The second-order valence-electron chi connectivity index (χ2n) is 3.90. The van der Waals surface area contributed by atoms with Crippen LogP contribution in [0.15, 0.2) is 24.3 Å². The molecule has 1 aromatic carbocycles. The minimum Gasteiger partial charge on any atom is -0.330 e. The minimum atomic E-state index is -3.06. The number of nitrogens with two attached hydrogens (primary N) is 1. The molecular weight excluding hydrogens is 236 g/mol. The van der Waals surface area contributed by atoms with Crippen LogP contribution in [0.4, 0.5) is 0 Å². The van der Waals surface area contributed by atoms with Gasteiger partial charge in [-0.2, -0.15) is 5.26 Å². The second kappa shape index (κ2) is 6.38. The van der Waals surface area contributed by atoms with Crippen molar-refractivity contribution in [1.29, 1.82) is 5.26 Å². The number of nitriles is 1. The standard InChI is InChI=1S/C12H16N2O2S/c13-7-1-2-8-17(15,16)10-12-5-3-11(9-14)4-6-12/h3-6H,1-2,7-8,10,13H2. The summed E-state index contributed by atoms with van der Waals surface area (Å²) in [6.45, 7) is 0.520. The van der Waals surface area contributed by atoms with Gasteiger partial charge in [0.15, 0.2) is 9.84 Å². The first-order valence-electron chi connectivity index (χ1n) is 5.47. The quantitative estimate of drug-likeness (QED) is 0.771. The molecule has 4 nitrogen and oxygen atoms in total. The molecule has 0 unspecified atom stereocenters. The Labute approximate surface area is 102 Å². The van der Waals surface area contributed by atoms with Crippen LogP contribution in [0.1, 0.15) is 24.0 Å². The van der Waals surface area contributed by atoms with Crippen LogP contribution in [-0.4, -0.2) is 20.7 Å². The molecule has 0 atom stereocenters. The van der Waals surface area contributed by atoms with Crippen molar-refractivity contribution in [3.05, 3.63) is 35.4 Å². The number of unbranched alkanes of at least 4 members (excludes halogenated alkanes) is 1. The van der Waals surface area contributed by atoms with Crippen molar-refractivity contribution in [2.24, 2.45) is 5.73 Å². The zero-order valence-electron chi connectivity index (χ0n) is 9.59. The Bertz CT molecular complexity index is 486. The molecule has 0 bridgehead atoms. The van der Waals surface area contributed by atoms with Crippen molar-refractivity contribution >= 4 is 9.84 Å². The molecule has 0 saturated carbocycles. The third kappa shape index (κ3) is 4.98. The minimum absolute atomic E-state index is 0.0310. The van der Waals surface area contributed by atoms with E-state index in [0.717, 1.165) is 12.0 Å². The largest absolute Gasteiger partial charge is 0.330 e. The van der Waals surface area contributed by atoms with E-state index in [4.69, 9.17) is 11.0 Å². The molecule has 0 aliphatic heterocycles. The van der Waals surface area contributed by atoms with Crippen LogP contribution >= 0.6 is 0 Å². The van der Waals surface area contributed by atoms with Gasteiger partial charge in [-0.05, 0) is 37.1 Å². The van der Waals surface area contributed by atoms with Crippen molar-refractivity contribution in [2.45, 2.75) is 18.6 Å². The molecule has 0 aliphatic rings. The SMILES string of the molecule is N#Cc1ccc(CS(=O)(=O)CCCCN)cc1. The van der Waals surface area contributed by atoms with Crippen molar-refractivity contribution in [3.8, 4) is 6.07 Å². The third-order valence-corrected chi connectivity index (χ3v) is 4.06. The summed E-state index contributed by atoms with van der Waals surface area (Å²) < 4.78 is 23.4. The molecule has 5 heteroatoms. The Morgan fingerprint density at radius 2 is 1.82 bits per heavy atom. The van der Waals surface area contributed by atoms with E-state index in [0.29, 0.717) is 18.5 Å². The highest BCUT2D eigenvalue weighted by Gasteiger charge is 2.11. The van der Waals surface area contributed by atoms with Gasteiger partial charge in [-0.1, -0.05) is 12.1 Å². The monoisotopic (exact) mass is 252 g/mol. The van der Waals surface area contributed by atoms with Gasteiger partial charge in [-0.25, -0.2) is 8.42 Å². The second-order valence-corrected chi connectivity index (χ2v) is 6.08. The summed E-state index contributed by atoms with van der Waals surface area (Å²) in [7, 11) is -3.06. The van der Waals surface area contributed by atoms with Gasteiger partial charge in [-0.15, -0.1) is 0 Å². The van der Waals surface area contributed by atoms with E-state index in [9.17, 15) is 8.42 Å². The Balaban J connectivity index is 2.60. The predicted molar refractivity (Wildman–Crippen MR) is 66.9 cm³/mol. The van der Waals surface area contributed by atoms with Gasteiger partial charge in [-0.3, -0.25) is 0 Å². The first-order chi connectivity index (χ1) is 8.07. The van der Waals surface area contributed by atoms with Gasteiger partial charge in [0.2, 0.25) is 0 Å². The van der Waals surface area contributed by atoms with Crippen molar-refractivity contribution in [1.82, 2.24) is 0 Å². The van der Waals surface area contributed by atoms with E-state index in [1.807, 2.05) is 6.07 Å². The maximum absolute atomic E-state index is 11.7. The average Bonchev–Trinajstić information content (AvgIpc) is 2.30. The zero-order valence-corrected chi connectivity index (χ0v) is 10.4. The van der Waals surface area contributed by atoms with Gasteiger partial charge >= 0.3 is 0 Å². The molecule has 0 aliphatic carbocycles. The van der Waals surface area contributed by atoms with Gasteiger partial charge in [0, 0.05) is 0 Å². The molecule has 0 radical (unpaired) electrons. The molecule has 0 fully saturated rings. The Morgan fingerprint density at radius 3 is 2.35 bits per heavy atom. The predicted octanol–water partition coefficient (Wildman–Crippen LogP) is 1.21. The lowest BCUT2D eigenvalue weighted by molar-refractivity contribution is 0.591. The van der Waals surface area contributed by atoms with E-state index in [-0.39, 0.29) is 11.5 Å². The lowest BCUT2D eigenvalue weighted by Crippen LogP contribution is -2.11. The van der Waals surface area contributed by atoms with Crippen molar-refractivity contribution in [2.75, 3.05) is 12.3 Å². The Morgan fingerprint density at radius 1 is 1.18 bits per heavy atom. The molecule has 2 N–H and O–H groups in total. The van der Waals surface area contributed by atoms with E-state index in [1.165, 1.54) is 0 Å². The summed E-state index contributed by atoms with van der Waals surface area (Å²) in [5, 5.41) is 8.62. The maximum atomic E-state index is 11.7. The molecule has 17 heavy (non-hydrogen) atoms. The van der Waals surface area contributed by atoms with Gasteiger partial charge in [0.25, 0.3) is 0 Å². The summed E-state index contributed by atoms with van der Waals surface area (Å²) in [6.07, 6.45) is 1.34. The highest BCUT2D eigenvalue weighted by Crippen LogP contribution is 2.09. The fourth-order valence-corrected chi connectivity index (χ4v) is 2.96. The Hall–Kier alpha value is -1.38.